The highest BCUT2D eigenvalue weighted by molar-refractivity contribution is 14.1. The van der Waals surface area contributed by atoms with E-state index in [4.69, 9.17) is 9.47 Å². The molecule has 0 unspecified atom stereocenters. The van der Waals surface area contributed by atoms with Gasteiger partial charge in [-0.3, -0.25) is 9.59 Å². The van der Waals surface area contributed by atoms with Gasteiger partial charge in [0.2, 0.25) is 5.91 Å². The van der Waals surface area contributed by atoms with Gasteiger partial charge in [0, 0.05) is 32.6 Å². The summed E-state index contributed by atoms with van der Waals surface area (Å²) in [6.07, 6.45) is -0.430. The van der Waals surface area contributed by atoms with Gasteiger partial charge in [0.1, 0.15) is 5.75 Å². The first-order chi connectivity index (χ1) is 23.5. The summed E-state index contributed by atoms with van der Waals surface area (Å²) in [5.74, 6) is 0.343. The lowest BCUT2D eigenvalue weighted by molar-refractivity contribution is -0.150. The molecule has 2 heterocycles. The lowest BCUT2D eigenvalue weighted by Gasteiger charge is -2.37. The molecule has 4 aromatic carbocycles. The maximum Gasteiger partial charge on any atom is 0.264 e. The second kappa shape index (κ2) is 14.7. The number of anilines is 1. The van der Waals surface area contributed by atoms with Gasteiger partial charge in [0.25, 0.3) is 5.91 Å². The predicted molar refractivity (Wildman–Crippen MR) is 208 cm³/mol. The van der Waals surface area contributed by atoms with Crippen molar-refractivity contribution in [1.82, 2.24) is 4.90 Å². The Kier molecular flexibility index (Phi) is 10.7. The first kappa shape index (κ1) is 35.8. The molecule has 4 atom stereocenters. The molecule has 2 amide bonds. The minimum Gasteiger partial charge on any atom is -0.497 e. The molecule has 1 fully saturated rings. The van der Waals surface area contributed by atoms with E-state index in [1.165, 1.54) is 5.19 Å². The molecule has 256 valence electrons. The monoisotopic (exact) mass is 852 g/mol. The van der Waals surface area contributed by atoms with Crippen LogP contribution in [-0.2, 0) is 33.0 Å². The van der Waals surface area contributed by atoms with E-state index in [9.17, 15) is 9.90 Å². The molecule has 4 aromatic rings. The fourth-order valence-corrected chi connectivity index (χ4v) is 13.0. The van der Waals surface area contributed by atoms with Crippen LogP contribution in [0.25, 0.3) is 0 Å². The van der Waals surface area contributed by atoms with Crippen LogP contribution in [0.3, 0.4) is 0 Å². The van der Waals surface area contributed by atoms with Gasteiger partial charge in [-0.2, -0.15) is 0 Å². The third-order valence-electron chi connectivity index (χ3n) is 10.3. The summed E-state index contributed by atoms with van der Waals surface area (Å²) >= 11 is 5.99. The smallest absolute Gasteiger partial charge is 0.264 e. The van der Waals surface area contributed by atoms with Crippen molar-refractivity contribution in [3.05, 3.63) is 122 Å². The predicted octanol–water partition coefficient (Wildman–Crippen LogP) is 7.24. The van der Waals surface area contributed by atoms with Gasteiger partial charge in [-0.1, -0.05) is 95.7 Å². The quantitative estimate of drug-likeness (QED) is 0.127. The van der Waals surface area contributed by atoms with Gasteiger partial charge in [0.15, 0.2) is 5.60 Å². The molecule has 0 aliphatic carbocycles. The molecule has 0 aromatic heterocycles. The summed E-state index contributed by atoms with van der Waals surface area (Å²) in [6.45, 7) is 7.64. The van der Waals surface area contributed by atoms with Gasteiger partial charge in [-0.15, -0.1) is 0 Å². The van der Waals surface area contributed by atoms with E-state index in [0.29, 0.717) is 13.1 Å². The number of amides is 2. The highest BCUT2D eigenvalue weighted by Gasteiger charge is 2.66. The molecule has 1 spiro atoms. The van der Waals surface area contributed by atoms with Crippen LogP contribution in [0.4, 0.5) is 5.69 Å². The summed E-state index contributed by atoms with van der Waals surface area (Å²) < 4.78 is 14.7. The van der Waals surface area contributed by atoms with Gasteiger partial charge in [-0.25, -0.2) is 0 Å². The summed E-state index contributed by atoms with van der Waals surface area (Å²) in [6, 6.07) is 32.2. The maximum atomic E-state index is 15.1. The highest BCUT2D eigenvalue weighted by atomic mass is 127. The average molecular weight is 854 g/mol. The zero-order valence-electron chi connectivity index (χ0n) is 28.2. The number of methoxy groups -OCH3 is 1. The molecule has 0 radical (unpaired) electrons. The molecule has 0 saturated carbocycles. The van der Waals surface area contributed by atoms with Crippen molar-refractivity contribution < 1.29 is 24.2 Å². The van der Waals surface area contributed by atoms with Crippen molar-refractivity contribution in [2.24, 2.45) is 5.92 Å². The molecule has 1 saturated heterocycles. The largest absolute Gasteiger partial charge is 0.497 e. The first-order valence-corrected chi connectivity index (χ1v) is 21.6. The molecular formula is C39H42BrIN2O5Si. The number of aliphatic hydroxyl groups excluding tert-OH is 1. The zero-order valence-corrected chi connectivity index (χ0v) is 33.0. The van der Waals surface area contributed by atoms with Crippen molar-refractivity contribution in [3.8, 4) is 5.75 Å². The van der Waals surface area contributed by atoms with Crippen molar-refractivity contribution in [1.29, 1.82) is 0 Å². The lowest BCUT2D eigenvalue weighted by atomic mass is 9.82. The van der Waals surface area contributed by atoms with E-state index in [0.717, 1.165) is 36.2 Å². The Morgan fingerprint density at radius 1 is 1.02 bits per heavy atom. The highest BCUT2D eigenvalue weighted by Crippen LogP contribution is 2.60. The summed E-state index contributed by atoms with van der Waals surface area (Å²) in [5.41, 5.74) is 2.33. The number of halogens is 2. The summed E-state index contributed by atoms with van der Waals surface area (Å²) in [7, 11) is -0.789. The second-order valence-electron chi connectivity index (χ2n) is 13.6. The number of rotatable bonds is 11. The van der Waals surface area contributed by atoms with E-state index in [1.54, 1.807) is 12.0 Å². The Labute approximate surface area is 311 Å². The fraction of sp³-hybridized carbons (Fsp3) is 0.333. The second-order valence-corrected chi connectivity index (χ2v) is 20.4. The number of carbonyl (C=O) groups is 2. The van der Waals surface area contributed by atoms with Crippen molar-refractivity contribution in [3.63, 3.8) is 0 Å². The summed E-state index contributed by atoms with van der Waals surface area (Å²) in [5, 5.41) is 11.2. The SMILES string of the molecule is COc1ccc([Si](C)(C)[C@@H]2[C@@H](CC(=O)N(CCO)Cc3ccccc3)O[C@]3(C(=O)N(Cc4cccc(I)c4)c4ccc(Br)cc43)[C@H]2C)cc1. The molecule has 2 aliphatic heterocycles. The molecule has 2 aliphatic rings. The molecular weight excluding hydrogens is 811 g/mol. The van der Waals surface area contributed by atoms with E-state index in [-0.39, 0.29) is 42.8 Å². The van der Waals surface area contributed by atoms with Crippen LogP contribution >= 0.6 is 38.5 Å². The zero-order chi connectivity index (χ0) is 34.9. The number of nitrogens with zero attached hydrogens (tertiary/aromatic N) is 2. The Balaban J connectivity index is 1.43. The molecule has 49 heavy (non-hydrogen) atoms. The standard InChI is InChI=1S/C39H42BrIN2O5Si/c1-26-37(49(3,4)32-16-14-31(47-2)15-17-32)35(23-36(45)42(19-20-44)24-27-9-6-5-7-10-27)48-39(26)33-22-29(40)13-18-34(33)43(38(39)46)25-28-11-8-12-30(41)21-28/h5-18,21-22,26,35,37,44H,19-20,23-25H2,1-4H3/t26-,35+,37-,39+/m0/s1. The third kappa shape index (κ3) is 6.86. The van der Waals surface area contributed by atoms with Gasteiger partial charge in [0.05, 0.1) is 46.5 Å². The maximum absolute atomic E-state index is 15.1. The van der Waals surface area contributed by atoms with Crippen LogP contribution in [0.2, 0.25) is 18.6 Å². The van der Waals surface area contributed by atoms with Crippen LogP contribution < -0.4 is 14.8 Å². The Morgan fingerprint density at radius 3 is 2.41 bits per heavy atom. The van der Waals surface area contributed by atoms with E-state index in [2.05, 4.69) is 76.7 Å². The minimum atomic E-state index is -2.45. The number of hydrogen-bond donors (Lipinski definition) is 1. The Morgan fingerprint density at radius 2 is 1.73 bits per heavy atom. The van der Waals surface area contributed by atoms with Crippen molar-refractivity contribution >= 4 is 69.3 Å². The molecule has 6 rings (SSSR count). The first-order valence-electron chi connectivity index (χ1n) is 16.6. The average Bonchev–Trinajstić information content (AvgIpc) is 3.51. The van der Waals surface area contributed by atoms with Crippen LogP contribution in [0.1, 0.15) is 30.0 Å². The van der Waals surface area contributed by atoms with Crippen LogP contribution in [0.5, 0.6) is 5.75 Å². The van der Waals surface area contributed by atoms with E-state index in [1.807, 2.05) is 83.8 Å². The van der Waals surface area contributed by atoms with E-state index < -0.39 is 19.8 Å². The number of carbonyl (C=O) groups excluding carboxylic acids is 2. The third-order valence-corrected chi connectivity index (χ3v) is 15.9. The Bertz CT molecular complexity index is 1820. The molecule has 1 N–H and O–H groups in total. The minimum absolute atomic E-state index is 0.0917. The molecule has 7 nitrogen and oxygen atoms in total. The number of benzene rings is 4. The number of aliphatic hydroxyl groups is 1. The van der Waals surface area contributed by atoms with Crippen LogP contribution in [0.15, 0.2) is 102 Å². The Hall–Kier alpha value is -3.03. The number of ether oxygens (including phenoxy) is 2. The lowest BCUT2D eigenvalue weighted by Crippen LogP contribution is -2.52. The fourth-order valence-electron chi connectivity index (χ4n) is 7.98. The van der Waals surface area contributed by atoms with E-state index >= 15 is 4.79 Å². The number of hydrogen-bond acceptors (Lipinski definition) is 5. The van der Waals surface area contributed by atoms with Crippen molar-refractivity contribution in [2.75, 3.05) is 25.2 Å². The molecule has 10 heteroatoms. The normalized spacial score (nSPS) is 21.7. The van der Waals surface area contributed by atoms with Gasteiger partial charge < -0.3 is 24.4 Å². The van der Waals surface area contributed by atoms with Crippen molar-refractivity contribution in [2.45, 2.75) is 56.8 Å². The summed E-state index contributed by atoms with van der Waals surface area (Å²) in [4.78, 5) is 32.9. The van der Waals surface area contributed by atoms with Crippen LogP contribution in [-0.4, -0.2) is 56.3 Å². The van der Waals surface area contributed by atoms with Gasteiger partial charge in [-0.05, 0) is 81.7 Å². The number of fused-ring (bicyclic) bond motifs is 2. The van der Waals surface area contributed by atoms with Crippen LogP contribution in [0, 0.1) is 9.49 Å². The van der Waals surface area contributed by atoms with Gasteiger partial charge >= 0.3 is 0 Å². The topological polar surface area (TPSA) is 79.3 Å². The molecule has 0 bridgehead atoms.